The molecule has 0 atom stereocenters. The number of anilines is 1. The number of H-pyrrole nitrogens is 1. The Morgan fingerprint density at radius 3 is 2.33 bits per heavy atom. The van der Waals surface area contributed by atoms with Gasteiger partial charge in [0.05, 0.1) is 29.1 Å². The van der Waals surface area contributed by atoms with Gasteiger partial charge >= 0.3 is 12.1 Å². The number of aromatic nitrogens is 3. The summed E-state index contributed by atoms with van der Waals surface area (Å²) in [4.78, 5) is 27.9. The Labute approximate surface area is 287 Å². The van der Waals surface area contributed by atoms with Crippen LogP contribution in [0, 0.1) is 5.82 Å². The second-order valence-corrected chi connectivity index (χ2v) is 11.7. The van der Waals surface area contributed by atoms with E-state index in [9.17, 15) is 32.3 Å². The third kappa shape index (κ3) is 6.63. The molecule has 51 heavy (non-hydrogen) atoms. The van der Waals surface area contributed by atoms with E-state index in [4.69, 9.17) is 4.74 Å². The van der Waals surface area contributed by atoms with E-state index >= 15 is 0 Å². The van der Waals surface area contributed by atoms with Crippen molar-refractivity contribution in [1.29, 1.82) is 0 Å². The van der Waals surface area contributed by atoms with Crippen LogP contribution in [-0.4, -0.2) is 38.4 Å². The minimum atomic E-state index is -4.78. The van der Waals surface area contributed by atoms with Gasteiger partial charge in [-0.05, 0) is 72.3 Å². The van der Waals surface area contributed by atoms with Gasteiger partial charge in [0, 0.05) is 22.0 Å². The first kappa shape index (κ1) is 33.1. The van der Waals surface area contributed by atoms with Gasteiger partial charge in [0.15, 0.2) is 5.69 Å². The normalized spacial score (nSPS) is 11.6. The van der Waals surface area contributed by atoms with Crippen LogP contribution in [0.3, 0.4) is 0 Å². The molecule has 0 saturated carbocycles. The molecule has 0 aliphatic carbocycles. The van der Waals surface area contributed by atoms with Gasteiger partial charge in [-0.15, -0.1) is 0 Å². The number of halogens is 4. The molecule has 2 aromatic heterocycles. The summed E-state index contributed by atoms with van der Waals surface area (Å²) < 4.78 is 63.4. The van der Waals surface area contributed by atoms with Crippen LogP contribution in [0.2, 0.25) is 0 Å². The molecule has 8 nitrogen and oxygen atoms in total. The summed E-state index contributed by atoms with van der Waals surface area (Å²) in [7, 11) is 0. The Kier molecular flexibility index (Phi) is 8.74. The Morgan fingerprint density at radius 2 is 1.57 bits per heavy atom. The Morgan fingerprint density at radius 1 is 0.863 bits per heavy atom. The fourth-order valence-electron chi connectivity index (χ4n) is 6.12. The molecule has 0 bridgehead atoms. The molecule has 0 unspecified atom stereocenters. The predicted octanol–water partition coefficient (Wildman–Crippen LogP) is 9.29. The van der Waals surface area contributed by atoms with Crippen LogP contribution in [0.5, 0.6) is 5.75 Å². The lowest BCUT2D eigenvalue weighted by Crippen LogP contribution is -2.13. The molecule has 3 N–H and O–H groups in total. The lowest BCUT2D eigenvalue weighted by Gasteiger charge is -2.11. The molecule has 0 fully saturated rings. The number of para-hydroxylation sites is 1. The van der Waals surface area contributed by atoms with Gasteiger partial charge in [0.25, 0.3) is 5.91 Å². The van der Waals surface area contributed by atoms with Gasteiger partial charge in [-0.2, -0.15) is 18.3 Å². The number of carbonyl (C=O) groups excluding carboxylic acids is 1. The van der Waals surface area contributed by atoms with E-state index < -0.39 is 29.6 Å². The molecule has 7 rings (SSSR count). The maximum atomic E-state index is 14.1. The predicted molar refractivity (Wildman–Crippen MR) is 185 cm³/mol. The number of hydrogen-bond donors (Lipinski definition) is 3. The Balaban J connectivity index is 1.20. The summed E-state index contributed by atoms with van der Waals surface area (Å²) in [6.07, 6.45) is -3.99. The second kappa shape index (κ2) is 13.5. The third-order valence-corrected chi connectivity index (χ3v) is 8.50. The van der Waals surface area contributed by atoms with Gasteiger partial charge in [-0.1, -0.05) is 66.7 Å². The van der Waals surface area contributed by atoms with Crippen molar-refractivity contribution < 1.29 is 37.0 Å². The van der Waals surface area contributed by atoms with E-state index in [2.05, 4.69) is 15.4 Å². The van der Waals surface area contributed by atoms with Crippen LogP contribution in [0.25, 0.3) is 38.6 Å². The third-order valence-electron chi connectivity index (χ3n) is 8.50. The summed E-state index contributed by atoms with van der Waals surface area (Å²) in [6, 6.07) is 30.8. The zero-order valence-corrected chi connectivity index (χ0v) is 26.7. The number of fused-ring (bicyclic) bond motifs is 2. The number of carbonyl (C=O) groups is 2. The maximum absolute atomic E-state index is 14.1. The summed E-state index contributed by atoms with van der Waals surface area (Å²) in [5.41, 5.74) is 0.319. The first-order chi connectivity index (χ1) is 24.6. The molecule has 256 valence electrons. The molecule has 1 amide bonds. The van der Waals surface area contributed by atoms with Crippen molar-refractivity contribution in [2.45, 2.75) is 19.0 Å². The van der Waals surface area contributed by atoms with Crippen molar-refractivity contribution in [2.24, 2.45) is 0 Å². The van der Waals surface area contributed by atoms with Gasteiger partial charge in [0.1, 0.15) is 17.3 Å². The molecule has 0 aliphatic rings. The number of aryl methyl sites for hydroxylation is 1. The molecular formula is C39H28F4N4O4. The standard InChI is InChI=1S/C39H28F4N4O4/c40-31-15-4-3-11-29(31)37(48)44-24-17-19-25(20-18-24)47-32(22-34(46-47)39(41,42)43)30-13-6-12-27-28(36(38(49)50)45-35(27)30)14-7-21-51-33-16-5-9-23-8-1-2-10-26(23)33/h1-6,8-13,15-20,22,45H,7,14,21H2,(H,44,48)(H,49,50). The fraction of sp³-hybridized carbons (Fsp3) is 0.103. The highest BCUT2D eigenvalue weighted by atomic mass is 19.4. The highest BCUT2D eigenvalue weighted by Crippen LogP contribution is 2.38. The van der Waals surface area contributed by atoms with Crippen molar-refractivity contribution in [3.05, 3.63) is 144 Å². The van der Waals surface area contributed by atoms with Crippen LogP contribution < -0.4 is 10.1 Å². The molecule has 7 aromatic rings. The van der Waals surface area contributed by atoms with Crippen LogP contribution in [0.1, 0.15) is 38.5 Å². The summed E-state index contributed by atoms with van der Waals surface area (Å²) in [5, 5.41) is 19.1. The van der Waals surface area contributed by atoms with Gasteiger partial charge in [-0.3, -0.25) is 4.79 Å². The number of nitrogens with one attached hydrogen (secondary N) is 2. The maximum Gasteiger partial charge on any atom is 0.435 e. The lowest BCUT2D eigenvalue weighted by molar-refractivity contribution is -0.141. The number of aromatic amines is 1. The van der Waals surface area contributed by atoms with Crippen molar-refractivity contribution in [3.8, 4) is 22.7 Å². The topological polar surface area (TPSA) is 109 Å². The van der Waals surface area contributed by atoms with Crippen molar-refractivity contribution in [2.75, 3.05) is 11.9 Å². The summed E-state index contributed by atoms with van der Waals surface area (Å²) in [6.45, 7) is 0.303. The molecule has 0 saturated heterocycles. The van der Waals surface area contributed by atoms with Crippen LogP contribution in [-0.2, 0) is 12.6 Å². The van der Waals surface area contributed by atoms with E-state index in [-0.39, 0.29) is 28.3 Å². The fourth-order valence-corrected chi connectivity index (χ4v) is 6.12. The van der Waals surface area contributed by atoms with E-state index in [0.717, 1.165) is 27.6 Å². The zero-order valence-electron chi connectivity index (χ0n) is 26.7. The number of carboxylic acids is 1. The average Bonchev–Trinajstić information content (AvgIpc) is 3.74. The Bertz CT molecular complexity index is 2410. The average molecular weight is 693 g/mol. The number of aromatic carboxylic acids is 1. The molecular weight excluding hydrogens is 664 g/mol. The van der Waals surface area contributed by atoms with Crippen molar-refractivity contribution >= 4 is 39.2 Å². The largest absolute Gasteiger partial charge is 0.493 e. The van der Waals surface area contributed by atoms with E-state index in [1.165, 1.54) is 42.5 Å². The molecule has 5 aromatic carbocycles. The minimum absolute atomic E-state index is 0.0556. The number of carboxylic acid groups (broad SMARTS) is 1. The van der Waals surface area contributed by atoms with E-state index in [1.807, 2.05) is 42.5 Å². The van der Waals surface area contributed by atoms with Crippen molar-refractivity contribution in [1.82, 2.24) is 14.8 Å². The smallest absolute Gasteiger partial charge is 0.435 e. The molecule has 2 heterocycles. The first-order valence-electron chi connectivity index (χ1n) is 15.9. The molecule has 0 spiro atoms. The number of alkyl halides is 3. The van der Waals surface area contributed by atoms with E-state index in [1.54, 1.807) is 18.2 Å². The number of amides is 1. The van der Waals surface area contributed by atoms with Crippen LogP contribution >= 0.6 is 0 Å². The number of hydrogen-bond acceptors (Lipinski definition) is 4. The van der Waals surface area contributed by atoms with E-state index in [0.29, 0.717) is 47.2 Å². The van der Waals surface area contributed by atoms with Gasteiger partial charge in [-0.25, -0.2) is 13.9 Å². The highest BCUT2D eigenvalue weighted by Gasteiger charge is 2.36. The Hall–Kier alpha value is -6.43. The summed E-state index contributed by atoms with van der Waals surface area (Å²) >= 11 is 0. The van der Waals surface area contributed by atoms with Gasteiger partial charge in [0.2, 0.25) is 0 Å². The number of ether oxygens (including phenoxy) is 1. The molecule has 12 heteroatoms. The first-order valence-corrected chi connectivity index (χ1v) is 15.9. The van der Waals surface area contributed by atoms with Crippen LogP contribution in [0.15, 0.2) is 115 Å². The second-order valence-electron chi connectivity index (χ2n) is 11.7. The lowest BCUT2D eigenvalue weighted by atomic mass is 10.0. The molecule has 0 aliphatic heterocycles. The van der Waals surface area contributed by atoms with Gasteiger partial charge < -0.3 is 20.1 Å². The number of nitrogens with zero attached hydrogens (tertiary/aromatic N) is 2. The minimum Gasteiger partial charge on any atom is -0.493 e. The van der Waals surface area contributed by atoms with Crippen LogP contribution in [0.4, 0.5) is 23.2 Å². The quantitative estimate of drug-likeness (QED) is 0.0978. The SMILES string of the molecule is O=C(Nc1ccc(-n2nc(C(F)(F)F)cc2-c2cccc3c(CCCOc4cccc5ccccc45)c(C(=O)O)[nH]c23)cc1)c1ccccc1F. The monoisotopic (exact) mass is 692 g/mol. The van der Waals surface area contributed by atoms with Crippen molar-refractivity contribution in [3.63, 3.8) is 0 Å². The molecule has 0 radical (unpaired) electrons. The highest BCUT2D eigenvalue weighted by molar-refractivity contribution is 6.05. The zero-order chi connectivity index (χ0) is 35.7. The summed E-state index contributed by atoms with van der Waals surface area (Å²) in [5.74, 6) is -1.89. The number of benzene rings is 5. The number of rotatable bonds is 10.